The second kappa shape index (κ2) is 59.4. The highest BCUT2D eigenvalue weighted by molar-refractivity contribution is 5.76. The summed E-state index contributed by atoms with van der Waals surface area (Å²) < 4.78 is 5.50. The van der Waals surface area contributed by atoms with Gasteiger partial charge < -0.3 is 20.3 Å². The quantitative estimate of drug-likeness (QED) is 0.0417. The summed E-state index contributed by atoms with van der Waals surface area (Å²) in [5, 5.41) is 23.3. The molecule has 0 rings (SSSR count). The van der Waals surface area contributed by atoms with E-state index < -0.39 is 12.1 Å². The maximum absolute atomic E-state index is 12.5. The molecule has 6 nitrogen and oxygen atoms in total. The van der Waals surface area contributed by atoms with Crippen LogP contribution in [0.5, 0.6) is 0 Å². The average molecular weight is 977 g/mol. The van der Waals surface area contributed by atoms with E-state index in [4.69, 9.17) is 4.74 Å². The van der Waals surface area contributed by atoms with Crippen LogP contribution in [0.1, 0.15) is 367 Å². The van der Waals surface area contributed by atoms with Gasteiger partial charge in [-0.2, -0.15) is 0 Å². The van der Waals surface area contributed by atoms with Crippen molar-refractivity contribution in [3.63, 3.8) is 0 Å². The smallest absolute Gasteiger partial charge is 0.305 e. The van der Waals surface area contributed by atoms with E-state index in [1.165, 1.54) is 295 Å². The Morgan fingerprint density at radius 2 is 0.594 bits per heavy atom. The highest BCUT2D eigenvalue weighted by Crippen LogP contribution is 2.19. The number of hydrogen-bond acceptors (Lipinski definition) is 5. The molecule has 0 heterocycles. The lowest BCUT2D eigenvalue weighted by Gasteiger charge is -2.22. The van der Waals surface area contributed by atoms with Crippen molar-refractivity contribution in [3.8, 4) is 0 Å². The topological polar surface area (TPSA) is 95.9 Å². The fraction of sp³-hybridized carbons (Fsp3) is 0.968. The number of aliphatic hydroxyl groups excluding tert-OH is 2. The summed E-state index contributed by atoms with van der Waals surface area (Å²) in [7, 11) is 0. The summed E-state index contributed by atoms with van der Waals surface area (Å²) in [4.78, 5) is 24.6. The van der Waals surface area contributed by atoms with Crippen LogP contribution in [0.15, 0.2) is 0 Å². The van der Waals surface area contributed by atoms with Gasteiger partial charge in [0.25, 0.3) is 0 Å². The minimum atomic E-state index is -0.663. The van der Waals surface area contributed by atoms with E-state index in [9.17, 15) is 19.8 Å². The van der Waals surface area contributed by atoms with Crippen LogP contribution in [-0.4, -0.2) is 47.4 Å². The number of carbonyl (C=O) groups excluding carboxylic acids is 2. The third-order valence-electron chi connectivity index (χ3n) is 15.2. The molecule has 0 aliphatic heterocycles. The lowest BCUT2D eigenvalue weighted by Crippen LogP contribution is -2.45. The molecule has 0 aromatic carbocycles. The summed E-state index contributed by atoms with van der Waals surface area (Å²) in [6.45, 7) is 4.99. The molecular weight excluding hydrogens is 851 g/mol. The van der Waals surface area contributed by atoms with E-state index in [0.29, 0.717) is 25.9 Å². The Hall–Kier alpha value is -1.14. The van der Waals surface area contributed by atoms with E-state index in [1.807, 2.05) is 0 Å². The van der Waals surface area contributed by atoms with Crippen molar-refractivity contribution in [1.82, 2.24) is 5.32 Å². The molecule has 0 radical (unpaired) electrons. The first kappa shape index (κ1) is 67.9. The first-order valence-electron chi connectivity index (χ1n) is 31.8. The minimum absolute atomic E-state index is 0.0166. The number of rotatable bonds is 60. The fourth-order valence-corrected chi connectivity index (χ4v) is 10.3. The molecule has 2 unspecified atom stereocenters. The Kier molecular flexibility index (Phi) is 58.4. The van der Waals surface area contributed by atoms with Crippen LogP contribution in [-0.2, 0) is 14.3 Å². The number of nitrogens with one attached hydrogen (secondary N) is 1. The van der Waals surface area contributed by atoms with Gasteiger partial charge in [0.1, 0.15) is 0 Å². The molecule has 0 saturated carbocycles. The molecule has 6 heteroatoms. The fourth-order valence-electron chi connectivity index (χ4n) is 10.3. The van der Waals surface area contributed by atoms with E-state index in [1.54, 1.807) is 0 Å². The molecule has 0 spiro atoms. The summed E-state index contributed by atoms with van der Waals surface area (Å²) in [6.07, 6.45) is 69.7. The van der Waals surface area contributed by atoms with E-state index in [0.717, 1.165) is 38.5 Å². The SMILES string of the molecule is CCCCCCCCCCCCCCCCCCC(=O)OCCCCCCCCCCCCCCCCCCCCCCCC(=O)NC(CO)C(O)CCCCCCCCCCCCCCCCC. The Morgan fingerprint density at radius 1 is 0.348 bits per heavy atom. The first-order chi connectivity index (χ1) is 34.0. The predicted molar refractivity (Wildman–Crippen MR) is 301 cm³/mol. The van der Waals surface area contributed by atoms with Crippen LogP contribution in [0.3, 0.4) is 0 Å². The molecule has 2 atom stereocenters. The maximum Gasteiger partial charge on any atom is 0.305 e. The van der Waals surface area contributed by atoms with E-state index in [-0.39, 0.29) is 18.5 Å². The van der Waals surface area contributed by atoms with Gasteiger partial charge in [-0.3, -0.25) is 9.59 Å². The van der Waals surface area contributed by atoms with Crippen LogP contribution in [0, 0.1) is 0 Å². The molecule has 69 heavy (non-hydrogen) atoms. The number of aliphatic hydroxyl groups is 2. The van der Waals surface area contributed by atoms with Crippen molar-refractivity contribution >= 4 is 11.9 Å². The zero-order chi connectivity index (χ0) is 50.0. The Bertz CT molecular complexity index is 990. The van der Waals surface area contributed by atoms with Gasteiger partial charge in [0, 0.05) is 12.8 Å². The molecule has 0 aliphatic rings. The first-order valence-corrected chi connectivity index (χ1v) is 31.8. The molecule has 1 amide bonds. The van der Waals surface area contributed by atoms with Crippen molar-refractivity contribution in [2.45, 2.75) is 379 Å². The van der Waals surface area contributed by atoms with Gasteiger partial charge >= 0.3 is 5.97 Å². The van der Waals surface area contributed by atoms with Crippen LogP contribution >= 0.6 is 0 Å². The number of carbonyl (C=O) groups is 2. The Labute approximate surface area is 432 Å². The number of esters is 1. The van der Waals surface area contributed by atoms with Crippen molar-refractivity contribution in [1.29, 1.82) is 0 Å². The molecule has 0 fully saturated rings. The third kappa shape index (κ3) is 56.0. The second-order valence-corrected chi connectivity index (χ2v) is 22.1. The van der Waals surface area contributed by atoms with Crippen LogP contribution in [0.25, 0.3) is 0 Å². The van der Waals surface area contributed by atoms with Gasteiger partial charge in [-0.1, -0.05) is 328 Å². The maximum atomic E-state index is 12.5. The van der Waals surface area contributed by atoms with Crippen molar-refractivity contribution in [3.05, 3.63) is 0 Å². The van der Waals surface area contributed by atoms with Gasteiger partial charge in [0.15, 0.2) is 0 Å². The zero-order valence-corrected chi connectivity index (χ0v) is 47.1. The summed E-state index contributed by atoms with van der Waals surface area (Å²) in [5.74, 6) is -0.0160. The minimum Gasteiger partial charge on any atom is -0.466 e. The van der Waals surface area contributed by atoms with Gasteiger partial charge in [-0.05, 0) is 25.7 Å². The lowest BCUT2D eigenvalue weighted by molar-refractivity contribution is -0.143. The molecule has 0 saturated heterocycles. The zero-order valence-electron chi connectivity index (χ0n) is 47.1. The van der Waals surface area contributed by atoms with Crippen LogP contribution in [0.2, 0.25) is 0 Å². The summed E-state index contributed by atoms with van der Waals surface area (Å²) >= 11 is 0. The highest BCUT2D eigenvalue weighted by Gasteiger charge is 2.20. The van der Waals surface area contributed by atoms with Gasteiger partial charge in [-0.15, -0.1) is 0 Å². The molecule has 0 aromatic rings. The average Bonchev–Trinajstić information content (AvgIpc) is 3.35. The van der Waals surface area contributed by atoms with Crippen LogP contribution in [0.4, 0.5) is 0 Å². The van der Waals surface area contributed by atoms with Crippen molar-refractivity contribution in [2.75, 3.05) is 13.2 Å². The molecule has 0 aromatic heterocycles. The van der Waals surface area contributed by atoms with E-state index in [2.05, 4.69) is 19.2 Å². The summed E-state index contributed by atoms with van der Waals surface area (Å²) in [6, 6.07) is -0.541. The standard InChI is InChI=1S/C63H125NO5/c1-3-5-7-9-11-13-15-17-19-29-33-37-41-45-49-53-57-63(68)69-58-54-50-46-42-38-34-30-26-24-22-20-21-23-25-28-32-36-40-44-48-52-56-62(67)64-60(59-65)61(66)55-51-47-43-39-35-31-27-18-16-14-12-10-8-6-4-2/h60-61,65-66H,3-59H2,1-2H3,(H,64,67). The van der Waals surface area contributed by atoms with Crippen molar-refractivity contribution in [2.24, 2.45) is 0 Å². The predicted octanol–water partition coefficient (Wildman–Crippen LogP) is 19.9. The van der Waals surface area contributed by atoms with Gasteiger partial charge in [-0.25, -0.2) is 0 Å². The van der Waals surface area contributed by atoms with Crippen LogP contribution < -0.4 is 5.32 Å². The summed E-state index contributed by atoms with van der Waals surface area (Å²) in [5.41, 5.74) is 0. The van der Waals surface area contributed by atoms with Gasteiger partial charge in [0.2, 0.25) is 5.91 Å². The normalized spacial score (nSPS) is 12.5. The second-order valence-electron chi connectivity index (χ2n) is 22.1. The lowest BCUT2D eigenvalue weighted by atomic mass is 10.0. The number of amides is 1. The Morgan fingerprint density at radius 3 is 0.884 bits per heavy atom. The highest BCUT2D eigenvalue weighted by atomic mass is 16.5. The Balaban J connectivity index is 3.35. The molecule has 0 bridgehead atoms. The number of unbranched alkanes of at least 4 members (excludes halogenated alkanes) is 49. The number of hydrogen-bond donors (Lipinski definition) is 3. The largest absolute Gasteiger partial charge is 0.466 e. The van der Waals surface area contributed by atoms with Crippen molar-refractivity contribution < 1.29 is 24.5 Å². The molecular formula is C63H125NO5. The number of ether oxygens (including phenoxy) is 1. The third-order valence-corrected chi connectivity index (χ3v) is 15.2. The monoisotopic (exact) mass is 976 g/mol. The molecule has 0 aliphatic carbocycles. The van der Waals surface area contributed by atoms with Gasteiger partial charge in [0.05, 0.1) is 25.4 Å². The molecule has 3 N–H and O–H groups in total. The van der Waals surface area contributed by atoms with E-state index >= 15 is 0 Å². The molecule has 412 valence electrons.